The van der Waals surface area contributed by atoms with Crippen LogP contribution in [0.1, 0.15) is 20.8 Å². The lowest BCUT2D eigenvalue weighted by Gasteiger charge is -2.15. The van der Waals surface area contributed by atoms with Crippen molar-refractivity contribution in [2.24, 2.45) is 0 Å². The topological polar surface area (TPSA) is 101 Å². The van der Waals surface area contributed by atoms with Crippen molar-refractivity contribution in [3.63, 3.8) is 0 Å². The molecule has 0 saturated heterocycles. The van der Waals surface area contributed by atoms with Crippen molar-refractivity contribution >= 4 is 23.3 Å². The molecule has 0 fully saturated rings. The summed E-state index contributed by atoms with van der Waals surface area (Å²) in [6, 6.07) is 6.80. The molecule has 0 bridgehead atoms. The predicted octanol–water partition coefficient (Wildman–Crippen LogP) is 1.93. The maximum Gasteiger partial charge on any atom is 0.261 e. The molecule has 176 valence electrons. The standard InChI is InChI=1S/C23H31NO8/c1-17(25)16-31-13-12-29-9-8-28-10-11-30-14-15-32-21-6-4-20(5-7-21)24-22(26)18(2)19(3)23(24)27/h4-7H,8-16H2,1-3H3. The number of nitrogens with zero attached hydrogens (tertiary/aromatic N) is 1. The molecule has 0 aromatic heterocycles. The highest BCUT2D eigenvalue weighted by Gasteiger charge is 2.34. The second-order valence-corrected chi connectivity index (χ2v) is 7.13. The van der Waals surface area contributed by atoms with E-state index in [-0.39, 0.29) is 24.2 Å². The first-order chi connectivity index (χ1) is 15.4. The van der Waals surface area contributed by atoms with E-state index >= 15 is 0 Å². The summed E-state index contributed by atoms with van der Waals surface area (Å²) in [5.74, 6) is 0.0371. The van der Waals surface area contributed by atoms with Crippen molar-refractivity contribution in [1.29, 1.82) is 0 Å². The first kappa shape index (κ1) is 25.7. The molecule has 1 aromatic carbocycles. The van der Waals surface area contributed by atoms with Crippen LogP contribution < -0.4 is 9.64 Å². The Morgan fingerprint density at radius 3 is 1.62 bits per heavy atom. The minimum atomic E-state index is -0.290. The van der Waals surface area contributed by atoms with Crippen LogP contribution >= 0.6 is 0 Å². The monoisotopic (exact) mass is 449 g/mol. The Kier molecular flexibility index (Phi) is 11.0. The van der Waals surface area contributed by atoms with Crippen molar-refractivity contribution in [2.45, 2.75) is 20.8 Å². The third kappa shape index (κ3) is 8.16. The summed E-state index contributed by atoms with van der Waals surface area (Å²) in [6.07, 6.45) is 0. The van der Waals surface area contributed by atoms with E-state index in [1.54, 1.807) is 38.1 Å². The third-order valence-corrected chi connectivity index (χ3v) is 4.62. The van der Waals surface area contributed by atoms with Gasteiger partial charge in [0.1, 0.15) is 19.0 Å². The summed E-state index contributed by atoms with van der Waals surface area (Å²) in [7, 11) is 0. The zero-order chi connectivity index (χ0) is 23.3. The largest absolute Gasteiger partial charge is 0.491 e. The molecule has 0 N–H and O–H groups in total. The van der Waals surface area contributed by atoms with Gasteiger partial charge in [-0.1, -0.05) is 0 Å². The van der Waals surface area contributed by atoms with E-state index in [0.717, 1.165) is 0 Å². The Balaban J connectivity index is 1.49. The normalized spacial score (nSPS) is 13.9. The number of ketones is 1. The van der Waals surface area contributed by atoms with Gasteiger partial charge >= 0.3 is 0 Å². The summed E-state index contributed by atoms with van der Waals surface area (Å²) < 4.78 is 26.8. The number of Topliss-reactive ketones (excluding diaryl/α,β-unsaturated/α-hetero) is 1. The van der Waals surface area contributed by atoms with Gasteiger partial charge in [-0.3, -0.25) is 14.4 Å². The molecule has 0 saturated carbocycles. The second-order valence-electron chi connectivity index (χ2n) is 7.13. The van der Waals surface area contributed by atoms with Gasteiger partial charge in [-0.2, -0.15) is 0 Å². The van der Waals surface area contributed by atoms with Crippen LogP contribution in [0.15, 0.2) is 35.4 Å². The molecule has 32 heavy (non-hydrogen) atoms. The molecule has 2 amide bonds. The van der Waals surface area contributed by atoms with Crippen molar-refractivity contribution in [3.05, 3.63) is 35.4 Å². The number of carbonyl (C=O) groups is 3. The van der Waals surface area contributed by atoms with Gasteiger partial charge in [0.2, 0.25) is 0 Å². The fourth-order valence-corrected chi connectivity index (χ4v) is 2.77. The van der Waals surface area contributed by atoms with Crippen LogP contribution in [0.2, 0.25) is 0 Å². The SMILES string of the molecule is CC(=O)COCCOCCOCCOCCOc1ccc(N2C(=O)C(C)=C(C)C2=O)cc1. The number of anilines is 1. The minimum absolute atomic E-state index is 0.00700. The lowest BCUT2D eigenvalue weighted by atomic mass is 10.2. The van der Waals surface area contributed by atoms with Gasteiger partial charge < -0.3 is 23.7 Å². The lowest BCUT2D eigenvalue weighted by molar-refractivity contribution is -0.122. The molecule has 0 aliphatic carbocycles. The molecule has 0 unspecified atom stereocenters. The van der Waals surface area contributed by atoms with E-state index in [1.165, 1.54) is 11.8 Å². The van der Waals surface area contributed by atoms with Gasteiger partial charge in [0.25, 0.3) is 11.8 Å². The number of hydrogen-bond acceptors (Lipinski definition) is 8. The first-order valence-electron chi connectivity index (χ1n) is 10.5. The summed E-state index contributed by atoms with van der Waals surface area (Å²) >= 11 is 0. The minimum Gasteiger partial charge on any atom is -0.491 e. The fraction of sp³-hybridized carbons (Fsp3) is 0.522. The van der Waals surface area contributed by atoms with Crippen LogP contribution in [0.5, 0.6) is 5.75 Å². The van der Waals surface area contributed by atoms with Crippen molar-refractivity contribution < 1.29 is 38.1 Å². The fourth-order valence-electron chi connectivity index (χ4n) is 2.77. The highest BCUT2D eigenvalue weighted by Crippen LogP contribution is 2.27. The number of hydrogen-bond donors (Lipinski definition) is 0. The van der Waals surface area contributed by atoms with E-state index in [1.807, 2.05) is 0 Å². The average molecular weight is 450 g/mol. The smallest absolute Gasteiger partial charge is 0.261 e. The summed E-state index contributed by atoms with van der Waals surface area (Å²) in [6.45, 7) is 8.27. The van der Waals surface area contributed by atoms with E-state index < -0.39 is 0 Å². The van der Waals surface area contributed by atoms with Gasteiger partial charge in [-0.15, -0.1) is 0 Å². The van der Waals surface area contributed by atoms with Gasteiger partial charge in [0.15, 0.2) is 5.78 Å². The number of carbonyl (C=O) groups excluding carboxylic acids is 3. The number of benzene rings is 1. The zero-order valence-electron chi connectivity index (χ0n) is 18.9. The zero-order valence-corrected chi connectivity index (χ0v) is 18.9. The van der Waals surface area contributed by atoms with Crippen molar-refractivity contribution in [2.75, 3.05) is 64.4 Å². The molecule has 9 heteroatoms. The summed E-state index contributed by atoms with van der Waals surface area (Å²) in [5, 5.41) is 0. The van der Waals surface area contributed by atoms with Gasteiger partial charge in [0, 0.05) is 11.1 Å². The van der Waals surface area contributed by atoms with Gasteiger partial charge in [0.05, 0.1) is 51.9 Å². The maximum atomic E-state index is 12.2. The van der Waals surface area contributed by atoms with Gasteiger partial charge in [-0.25, -0.2) is 4.90 Å². The summed E-state index contributed by atoms with van der Waals surface area (Å²) in [5.41, 5.74) is 1.46. The van der Waals surface area contributed by atoms with E-state index in [4.69, 9.17) is 23.7 Å². The summed E-state index contributed by atoms with van der Waals surface area (Å²) in [4.78, 5) is 36.3. The molecule has 9 nitrogen and oxygen atoms in total. The quantitative estimate of drug-likeness (QED) is 0.279. The Bertz CT molecular complexity index is 779. The molecule has 1 aliphatic rings. The van der Waals surface area contributed by atoms with Crippen LogP contribution in [-0.4, -0.2) is 77.1 Å². The third-order valence-electron chi connectivity index (χ3n) is 4.62. The molecule has 1 aliphatic heterocycles. The highest BCUT2D eigenvalue weighted by molar-refractivity contribution is 6.32. The van der Waals surface area contributed by atoms with Crippen molar-refractivity contribution in [1.82, 2.24) is 0 Å². The van der Waals surface area contributed by atoms with Crippen LogP contribution in [0.4, 0.5) is 5.69 Å². The van der Waals surface area contributed by atoms with E-state index in [0.29, 0.717) is 75.4 Å². The molecule has 0 radical (unpaired) electrons. The molecule has 1 heterocycles. The van der Waals surface area contributed by atoms with Crippen LogP contribution in [0.25, 0.3) is 0 Å². The van der Waals surface area contributed by atoms with E-state index in [2.05, 4.69) is 0 Å². The average Bonchev–Trinajstić information content (AvgIpc) is 2.97. The molecular formula is C23H31NO8. The van der Waals surface area contributed by atoms with Crippen molar-refractivity contribution in [3.8, 4) is 5.75 Å². The first-order valence-corrected chi connectivity index (χ1v) is 10.5. The number of amides is 2. The number of imide groups is 1. The Hall–Kier alpha value is -2.59. The second kappa shape index (κ2) is 13.7. The molecular weight excluding hydrogens is 418 g/mol. The molecule has 1 aromatic rings. The lowest BCUT2D eigenvalue weighted by Crippen LogP contribution is -2.31. The Morgan fingerprint density at radius 1 is 0.719 bits per heavy atom. The molecule has 0 spiro atoms. The Labute approximate surface area is 188 Å². The number of ether oxygens (including phenoxy) is 5. The van der Waals surface area contributed by atoms with Gasteiger partial charge in [-0.05, 0) is 45.0 Å². The molecule has 2 rings (SSSR count). The maximum absolute atomic E-state index is 12.2. The van der Waals surface area contributed by atoms with Crippen LogP contribution in [0, 0.1) is 0 Å². The number of rotatable bonds is 16. The van der Waals surface area contributed by atoms with E-state index in [9.17, 15) is 14.4 Å². The highest BCUT2D eigenvalue weighted by atomic mass is 16.6. The Morgan fingerprint density at radius 2 is 1.16 bits per heavy atom. The predicted molar refractivity (Wildman–Crippen MR) is 117 cm³/mol. The van der Waals surface area contributed by atoms with Crippen LogP contribution in [-0.2, 0) is 33.3 Å². The van der Waals surface area contributed by atoms with Crippen LogP contribution in [0.3, 0.4) is 0 Å². The molecule has 0 atom stereocenters.